The fourth-order valence-corrected chi connectivity index (χ4v) is 4.64. The maximum atomic E-state index is 13.2. The molecule has 1 fully saturated rings. The average molecular weight is 434 g/mol. The number of amides is 3. The Labute approximate surface area is 179 Å². The number of urea groups is 1. The number of halogens is 1. The monoisotopic (exact) mass is 433 g/mol. The maximum Gasteiger partial charge on any atom is 0.324 e. The lowest BCUT2D eigenvalue weighted by atomic mass is 9.96. The van der Waals surface area contributed by atoms with Gasteiger partial charge in [0, 0.05) is 28.9 Å². The molecular formula is C21H24ClN3O3S. The molecule has 1 aromatic carbocycles. The first-order valence-corrected chi connectivity index (χ1v) is 11.1. The molecule has 0 saturated carbocycles. The number of carbonyl (C=O) groups is 2. The zero-order chi connectivity index (χ0) is 20.4. The standard InChI is InChI=1S/C21H24ClN3O3S/c1-14-13-25(18-11-16(22)4-5-19(18)28-14)21(27)24-8-6-15(7-9-24)20(26)23-12-17-3-2-10-29-17/h2-5,10-11,14-15H,6-9,12-13H2,1H3,(H,23,26)/t14-/m1/s1. The Hall–Kier alpha value is -2.25. The predicted octanol–water partition coefficient (Wildman–Crippen LogP) is 4.14. The normalized spacial score (nSPS) is 19.4. The Morgan fingerprint density at radius 3 is 2.79 bits per heavy atom. The van der Waals surface area contributed by atoms with Crippen molar-refractivity contribution < 1.29 is 14.3 Å². The van der Waals surface area contributed by atoms with Crippen molar-refractivity contribution >= 4 is 40.6 Å². The fraction of sp³-hybridized carbons (Fsp3) is 0.429. The minimum atomic E-state index is -0.0896. The van der Waals surface area contributed by atoms with E-state index in [9.17, 15) is 9.59 Å². The molecule has 154 valence electrons. The summed E-state index contributed by atoms with van der Waals surface area (Å²) in [5.74, 6) is 0.691. The first kappa shape index (κ1) is 20.0. The van der Waals surface area contributed by atoms with E-state index in [2.05, 4.69) is 5.32 Å². The number of hydrogen-bond donors (Lipinski definition) is 1. The number of nitrogens with zero attached hydrogens (tertiary/aromatic N) is 2. The molecule has 0 unspecified atom stereocenters. The van der Waals surface area contributed by atoms with Crippen LogP contribution in [-0.4, -0.2) is 42.6 Å². The Kier molecular flexibility index (Phi) is 5.96. The van der Waals surface area contributed by atoms with Gasteiger partial charge in [-0.05, 0) is 49.4 Å². The summed E-state index contributed by atoms with van der Waals surface area (Å²) in [7, 11) is 0. The zero-order valence-electron chi connectivity index (χ0n) is 16.3. The molecule has 0 aliphatic carbocycles. The SMILES string of the molecule is C[C@@H]1CN(C(=O)N2CCC(C(=O)NCc3cccs3)CC2)c2cc(Cl)ccc2O1. The highest BCUT2D eigenvalue weighted by atomic mass is 35.5. The third-order valence-electron chi connectivity index (χ3n) is 5.36. The first-order chi connectivity index (χ1) is 14.0. The zero-order valence-corrected chi connectivity index (χ0v) is 17.8. The first-order valence-electron chi connectivity index (χ1n) is 9.84. The molecule has 0 radical (unpaired) electrons. The predicted molar refractivity (Wildman–Crippen MR) is 115 cm³/mol. The number of anilines is 1. The topological polar surface area (TPSA) is 61.9 Å². The molecule has 2 aliphatic heterocycles. The summed E-state index contributed by atoms with van der Waals surface area (Å²) in [6.45, 7) is 4.13. The lowest BCUT2D eigenvalue weighted by Gasteiger charge is -2.39. The Morgan fingerprint density at radius 2 is 2.07 bits per heavy atom. The summed E-state index contributed by atoms with van der Waals surface area (Å²) in [6.07, 6.45) is 1.25. The van der Waals surface area contributed by atoms with Crippen LogP contribution in [0, 0.1) is 5.92 Å². The number of likely N-dealkylation sites (tertiary alicyclic amines) is 1. The number of nitrogens with one attached hydrogen (secondary N) is 1. The van der Waals surface area contributed by atoms with Crippen molar-refractivity contribution in [3.63, 3.8) is 0 Å². The van der Waals surface area contributed by atoms with Gasteiger partial charge in [0.05, 0.1) is 18.8 Å². The highest BCUT2D eigenvalue weighted by Gasteiger charge is 2.34. The van der Waals surface area contributed by atoms with Crippen molar-refractivity contribution in [2.75, 3.05) is 24.5 Å². The van der Waals surface area contributed by atoms with Crippen molar-refractivity contribution in [2.24, 2.45) is 5.92 Å². The summed E-state index contributed by atoms with van der Waals surface area (Å²) in [5.41, 5.74) is 0.705. The van der Waals surface area contributed by atoms with Crippen LogP contribution in [0.1, 0.15) is 24.6 Å². The van der Waals surface area contributed by atoms with Crippen LogP contribution in [0.15, 0.2) is 35.7 Å². The van der Waals surface area contributed by atoms with Crippen LogP contribution >= 0.6 is 22.9 Å². The third-order valence-corrected chi connectivity index (χ3v) is 6.48. The van der Waals surface area contributed by atoms with Crippen LogP contribution < -0.4 is 15.0 Å². The molecule has 1 saturated heterocycles. The van der Waals surface area contributed by atoms with Gasteiger partial charge in [-0.15, -0.1) is 11.3 Å². The smallest absolute Gasteiger partial charge is 0.324 e. The molecule has 1 aromatic heterocycles. The number of hydrogen-bond acceptors (Lipinski definition) is 4. The van der Waals surface area contributed by atoms with E-state index in [0.29, 0.717) is 55.5 Å². The van der Waals surface area contributed by atoms with Crippen LogP contribution in [0.3, 0.4) is 0 Å². The summed E-state index contributed by atoms with van der Waals surface area (Å²) in [5, 5.41) is 5.59. The molecule has 1 atom stereocenters. The largest absolute Gasteiger partial charge is 0.487 e. The number of carbonyl (C=O) groups excluding carboxylic acids is 2. The molecule has 8 heteroatoms. The lowest BCUT2D eigenvalue weighted by Crippen LogP contribution is -2.52. The van der Waals surface area contributed by atoms with E-state index in [1.54, 1.807) is 34.4 Å². The molecule has 3 heterocycles. The van der Waals surface area contributed by atoms with Gasteiger partial charge in [-0.2, -0.15) is 0 Å². The van der Waals surface area contributed by atoms with E-state index in [1.165, 1.54) is 0 Å². The van der Waals surface area contributed by atoms with E-state index < -0.39 is 0 Å². The van der Waals surface area contributed by atoms with Gasteiger partial charge in [-0.1, -0.05) is 17.7 Å². The molecule has 0 spiro atoms. The van der Waals surface area contributed by atoms with Gasteiger partial charge in [-0.25, -0.2) is 4.79 Å². The minimum absolute atomic E-state index is 0.0515. The van der Waals surface area contributed by atoms with Crippen molar-refractivity contribution in [1.82, 2.24) is 10.2 Å². The molecule has 1 N–H and O–H groups in total. The molecular weight excluding hydrogens is 410 g/mol. The molecule has 2 aliphatic rings. The number of thiophene rings is 1. The van der Waals surface area contributed by atoms with Gasteiger partial charge in [-0.3, -0.25) is 9.69 Å². The van der Waals surface area contributed by atoms with Crippen molar-refractivity contribution in [3.05, 3.63) is 45.6 Å². The van der Waals surface area contributed by atoms with Crippen LogP contribution in [0.2, 0.25) is 5.02 Å². The molecule has 29 heavy (non-hydrogen) atoms. The highest BCUT2D eigenvalue weighted by molar-refractivity contribution is 7.09. The van der Waals surface area contributed by atoms with Gasteiger partial charge in [0.2, 0.25) is 5.91 Å². The fourth-order valence-electron chi connectivity index (χ4n) is 3.83. The summed E-state index contributed by atoms with van der Waals surface area (Å²) >= 11 is 7.77. The van der Waals surface area contributed by atoms with E-state index in [-0.39, 0.29) is 24.0 Å². The molecule has 2 aromatic rings. The van der Waals surface area contributed by atoms with E-state index in [1.807, 2.05) is 29.3 Å². The van der Waals surface area contributed by atoms with Crippen LogP contribution in [0.4, 0.5) is 10.5 Å². The number of rotatable bonds is 3. The third kappa shape index (κ3) is 4.51. The molecule has 3 amide bonds. The second kappa shape index (κ2) is 8.63. The molecule has 4 rings (SSSR count). The summed E-state index contributed by atoms with van der Waals surface area (Å²) in [6, 6.07) is 9.28. The van der Waals surface area contributed by atoms with Gasteiger partial charge >= 0.3 is 6.03 Å². The maximum absolute atomic E-state index is 13.2. The Morgan fingerprint density at radius 1 is 1.28 bits per heavy atom. The summed E-state index contributed by atoms with van der Waals surface area (Å²) in [4.78, 5) is 30.4. The van der Waals surface area contributed by atoms with Crippen LogP contribution in [-0.2, 0) is 11.3 Å². The lowest BCUT2D eigenvalue weighted by molar-refractivity contribution is -0.126. The van der Waals surface area contributed by atoms with Gasteiger partial charge in [0.15, 0.2) is 0 Å². The average Bonchev–Trinajstić information content (AvgIpc) is 3.25. The van der Waals surface area contributed by atoms with Crippen LogP contribution in [0.25, 0.3) is 0 Å². The van der Waals surface area contributed by atoms with E-state index in [0.717, 1.165) is 4.88 Å². The van der Waals surface area contributed by atoms with Gasteiger partial charge < -0.3 is 15.0 Å². The number of fused-ring (bicyclic) bond motifs is 1. The van der Waals surface area contributed by atoms with Crippen molar-refractivity contribution in [1.29, 1.82) is 0 Å². The molecule has 0 bridgehead atoms. The number of benzene rings is 1. The van der Waals surface area contributed by atoms with Gasteiger partial charge in [0.25, 0.3) is 0 Å². The number of piperidine rings is 1. The van der Waals surface area contributed by atoms with Crippen molar-refractivity contribution in [3.8, 4) is 5.75 Å². The summed E-state index contributed by atoms with van der Waals surface area (Å²) < 4.78 is 5.84. The number of ether oxygens (including phenoxy) is 1. The van der Waals surface area contributed by atoms with E-state index in [4.69, 9.17) is 16.3 Å². The van der Waals surface area contributed by atoms with Gasteiger partial charge in [0.1, 0.15) is 11.9 Å². The van der Waals surface area contributed by atoms with E-state index >= 15 is 0 Å². The molecule has 6 nitrogen and oxygen atoms in total. The quantitative estimate of drug-likeness (QED) is 0.791. The van der Waals surface area contributed by atoms with Crippen molar-refractivity contribution in [2.45, 2.75) is 32.4 Å². The highest BCUT2D eigenvalue weighted by Crippen LogP contribution is 2.36. The minimum Gasteiger partial charge on any atom is -0.487 e. The Balaban J connectivity index is 1.36. The van der Waals surface area contributed by atoms with Crippen LogP contribution in [0.5, 0.6) is 5.75 Å². The second-order valence-corrected chi connectivity index (χ2v) is 8.96. The Bertz CT molecular complexity index is 881. The second-order valence-electron chi connectivity index (χ2n) is 7.49.